The number of carbonyl (C=O) groups excluding carboxylic acids is 1. The van der Waals surface area contributed by atoms with E-state index in [4.69, 9.17) is 23.2 Å². The molecule has 3 rings (SSSR count). The lowest BCUT2D eigenvalue weighted by atomic mass is 10.00. The fraction of sp³-hybridized carbons (Fsp3) is 0.167. The summed E-state index contributed by atoms with van der Waals surface area (Å²) in [6, 6.07) is 13.5. The minimum absolute atomic E-state index is 0.000481. The second-order valence-corrected chi connectivity index (χ2v) is 6.12. The van der Waals surface area contributed by atoms with Gasteiger partial charge in [0.2, 0.25) is 5.91 Å². The molecule has 2 aromatic rings. The SMILES string of the molecule is O=C(/C=C/c1ccc(Cl)cc1Cl)N1CCc2ccccc2C1. The molecule has 2 aromatic carbocycles. The summed E-state index contributed by atoms with van der Waals surface area (Å²) in [5.41, 5.74) is 3.34. The first kappa shape index (κ1) is 15.1. The number of amides is 1. The Morgan fingerprint density at radius 3 is 2.64 bits per heavy atom. The van der Waals surface area contributed by atoms with Crippen LogP contribution < -0.4 is 0 Å². The van der Waals surface area contributed by atoms with Gasteiger partial charge >= 0.3 is 0 Å². The van der Waals surface area contributed by atoms with E-state index >= 15 is 0 Å². The summed E-state index contributed by atoms with van der Waals surface area (Å²) >= 11 is 12.0. The van der Waals surface area contributed by atoms with Gasteiger partial charge in [0.15, 0.2) is 0 Å². The molecule has 0 atom stereocenters. The van der Waals surface area contributed by atoms with Crippen LogP contribution in [0.5, 0.6) is 0 Å². The van der Waals surface area contributed by atoms with E-state index in [1.807, 2.05) is 17.0 Å². The molecule has 0 radical (unpaired) electrons. The van der Waals surface area contributed by atoms with Crippen LogP contribution >= 0.6 is 23.2 Å². The van der Waals surface area contributed by atoms with Crippen molar-refractivity contribution in [2.75, 3.05) is 6.54 Å². The van der Waals surface area contributed by atoms with E-state index in [1.165, 1.54) is 11.1 Å². The van der Waals surface area contributed by atoms with Crippen LogP contribution in [0, 0.1) is 0 Å². The Hall–Kier alpha value is -1.77. The molecular weight excluding hydrogens is 317 g/mol. The highest BCUT2D eigenvalue weighted by molar-refractivity contribution is 6.35. The number of rotatable bonds is 2. The van der Waals surface area contributed by atoms with Gasteiger partial charge in [-0.05, 0) is 41.3 Å². The predicted octanol–water partition coefficient (Wildman–Crippen LogP) is 4.59. The van der Waals surface area contributed by atoms with Crippen LogP contribution in [0.25, 0.3) is 6.08 Å². The number of hydrogen-bond donors (Lipinski definition) is 0. The molecule has 1 aliphatic rings. The standard InChI is InChI=1S/C18H15Cl2NO/c19-16-7-5-14(17(20)11-16)6-8-18(22)21-10-9-13-3-1-2-4-15(13)12-21/h1-8,11H,9-10,12H2/b8-6+. The molecule has 1 heterocycles. The lowest BCUT2D eigenvalue weighted by Gasteiger charge is -2.27. The van der Waals surface area contributed by atoms with Crippen LogP contribution in [0.2, 0.25) is 10.0 Å². The summed E-state index contributed by atoms with van der Waals surface area (Å²) in [5.74, 6) is 0.000481. The molecule has 112 valence electrons. The van der Waals surface area contributed by atoms with Crippen LogP contribution in [-0.4, -0.2) is 17.4 Å². The minimum atomic E-state index is 0.000481. The molecule has 0 saturated heterocycles. The van der Waals surface area contributed by atoms with Crippen molar-refractivity contribution in [1.82, 2.24) is 4.90 Å². The first-order valence-electron chi connectivity index (χ1n) is 7.12. The second-order valence-electron chi connectivity index (χ2n) is 5.28. The zero-order valence-electron chi connectivity index (χ0n) is 11.9. The third kappa shape index (κ3) is 3.34. The van der Waals surface area contributed by atoms with Crippen molar-refractivity contribution in [3.8, 4) is 0 Å². The molecular formula is C18H15Cl2NO. The van der Waals surface area contributed by atoms with Gasteiger partial charge in [-0.25, -0.2) is 0 Å². The van der Waals surface area contributed by atoms with Gasteiger partial charge in [0.05, 0.1) is 0 Å². The van der Waals surface area contributed by atoms with Gasteiger partial charge in [0.25, 0.3) is 0 Å². The van der Waals surface area contributed by atoms with Crippen molar-refractivity contribution in [1.29, 1.82) is 0 Å². The quantitative estimate of drug-likeness (QED) is 0.737. The first-order chi connectivity index (χ1) is 10.6. The smallest absolute Gasteiger partial charge is 0.246 e. The van der Waals surface area contributed by atoms with Gasteiger partial charge in [-0.15, -0.1) is 0 Å². The Morgan fingerprint density at radius 2 is 1.86 bits per heavy atom. The fourth-order valence-corrected chi connectivity index (χ4v) is 3.06. The van der Waals surface area contributed by atoms with E-state index in [-0.39, 0.29) is 5.91 Å². The van der Waals surface area contributed by atoms with Gasteiger partial charge in [-0.1, -0.05) is 53.5 Å². The van der Waals surface area contributed by atoms with Crippen molar-refractivity contribution >= 4 is 35.2 Å². The van der Waals surface area contributed by atoms with Gasteiger partial charge in [-0.2, -0.15) is 0 Å². The Bertz CT molecular complexity index is 740. The van der Waals surface area contributed by atoms with Crippen LogP contribution in [0.3, 0.4) is 0 Å². The summed E-state index contributed by atoms with van der Waals surface area (Å²) < 4.78 is 0. The fourth-order valence-electron chi connectivity index (χ4n) is 2.59. The Labute approximate surface area is 140 Å². The number of nitrogens with zero attached hydrogens (tertiary/aromatic N) is 1. The molecule has 4 heteroatoms. The van der Waals surface area contributed by atoms with Crippen LogP contribution in [-0.2, 0) is 17.8 Å². The average Bonchev–Trinajstić information content (AvgIpc) is 2.53. The minimum Gasteiger partial charge on any atom is -0.334 e. The van der Waals surface area contributed by atoms with Crippen LogP contribution in [0.15, 0.2) is 48.5 Å². The van der Waals surface area contributed by atoms with Gasteiger partial charge in [0.1, 0.15) is 0 Å². The maximum atomic E-state index is 12.3. The summed E-state index contributed by atoms with van der Waals surface area (Å²) in [5, 5.41) is 1.13. The number of benzene rings is 2. The number of carbonyl (C=O) groups is 1. The van der Waals surface area contributed by atoms with Crippen molar-refractivity contribution in [2.45, 2.75) is 13.0 Å². The third-order valence-corrected chi connectivity index (χ3v) is 4.37. The van der Waals surface area contributed by atoms with Crippen molar-refractivity contribution < 1.29 is 4.79 Å². The summed E-state index contributed by atoms with van der Waals surface area (Å²) in [6.07, 6.45) is 4.21. The first-order valence-corrected chi connectivity index (χ1v) is 7.88. The monoisotopic (exact) mass is 331 g/mol. The van der Waals surface area contributed by atoms with Gasteiger partial charge in [0, 0.05) is 29.2 Å². The molecule has 0 aromatic heterocycles. The van der Waals surface area contributed by atoms with Crippen LogP contribution in [0.1, 0.15) is 16.7 Å². The third-order valence-electron chi connectivity index (χ3n) is 3.81. The summed E-state index contributed by atoms with van der Waals surface area (Å²) in [4.78, 5) is 14.2. The molecule has 0 unspecified atom stereocenters. The molecule has 0 spiro atoms. The number of fused-ring (bicyclic) bond motifs is 1. The summed E-state index contributed by atoms with van der Waals surface area (Å²) in [7, 11) is 0. The maximum absolute atomic E-state index is 12.3. The predicted molar refractivity (Wildman–Crippen MR) is 91.1 cm³/mol. The molecule has 1 amide bonds. The van der Waals surface area contributed by atoms with Crippen molar-refractivity contribution in [3.63, 3.8) is 0 Å². The molecule has 0 N–H and O–H groups in total. The zero-order chi connectivity index (χ0) is 15.5. The normalized spacial score (nSPS) is 14.2. The van der Waals surface area contributed by atoms with Crippen molar-refractivity contribution in [2.24, 2.45) is 0 Å². The Balaban J connectivity index is 1.71. The molecule has 22 heavy (non-hydrogen) atoms. The van der Waals surface area contributed by atoms with Gasteiger partial charge < -0.3 is 4.90 Å². The van der Waals surface area contributed by atoms with Gasteiger partial charge in [-0.3, -0.25) is 4.79 Å². The maximum Gasteiger partial charge on any atom is 0.246 e. The van der Waals surface area contributed by atoms with E-state index in [0.29, 0.717) is 16.6 Å². The lowest BCUT2D eigenvalue weighted by molar-refractivity contribution is -0.126. The Kier molecular flexibility index (Phi) is 4.51. The highest BCUT2D eigenvalue weighted by atomic mass is 35.5. The molecule has 0 saturated carbocycles. The van der Waals surface area contributed by atoms with E-state index < -0.39 is 0 Å². The summed E-state index contributed by atoms with van der Waals surface area (Å²) in [6.45, 7) is 1.40. The zero-order valence-corrected chi connectivity index (χ0v) is 13.4. The molecule has 0 bridgehead atoms. The Morgan fingerprint density at radius 1 is 1.09 bits per heavy atom. The van der Waals surface area contributed by atoms with E-state index in [9.17, 15) is 4.79 Å². The second kappa shape index (κ2) is 6.55. The highest BCUT2D eigenvalue weighted by Crippen LogP contribution is 2.23. The van der Waals surface area contributed by atoms with E-state index in [2.05, 4.69) is 12.1 Å². The van der Waals surface area contributed by atoms with E-state index in [1.54, 1.807) is 30.4 Å². The van der Waals surface area contributed by atoms with Crippen molar-refractivity contribution in [3.05, 3.63) is 75.3 Å². The van der Waals surface area contributed by atoms with Crippen LogP contribution in [0.4, 0.5) is 0 Å². The molecule has 0 fully saturated rings. The highest BCUT2D eigenvalue weighted by Gasteiger charge is 2.18. The lowest BCUT2D eigenvalue weighted by Crippen LogP contribution is -2.34. The largest absolute Gasteiger partial charge is 0.334 e. The number of hydrogen-bond acceptors (Lipinski definition) is 1. The average molecular weight is 332 g/mol. The molecule has 2 nitrogen and oxygen atoms in total. The number of halogens is 2. The van der Waals surface area contributed by atoms with E-state index in [0.717, 1.165) is 18.5 Å². The molecule has 1 aliphatic heterocycles. The molecule has 0 aliphatic carbocycles. The topological polar surface area (TPSA) is 20.3 Å².